The summed E-state index contributed by atoms with van der Waals surface area (Å²) in [4.78, 5) is 31.3. The number of carbonyl (C=O) groups is 2. The Morgan fingerprint density at radius 2 is 1.89 bits per heavy atom. The Morgan fingerprint density at radius 3 is 2.66 bits per heavy atom. The number of nitrogens with zero attached hydrogens (tertiary/aromatic N) is 3. The Morgan fingerprint density at radius 1 is 1.14 bits per heavy atom. The Hall–Kier alpha value is -3.58. The van der Waals surface area contributed by atoms with Gasteiger partial charge in [-0.1, -0.05) is 48.5 Å². The largest absolute Gasteiger partial charge is 0.380 e. The van der Waals surface area contributed by atoms with E-state index in [1.54, 1.807) is 12.1 Å². The van der Waals surface area contributed by atoms with E-state index in [0.717, 1.165) is 29.7 Å². The van der Waals surface area contributed by atoms with E-state index in [-0.39, 0.29) is 12.6 Å². The summed E-state index contributed by atoms with van der Waals surface area (Å²) in [5.74, 6) is -1.50. The van der Waals surface area contributed by atoms with Gasteiger partial charge in [0.15, 0.2) is 12.2 Å². The van der Waals surface area contributed by atoms with Crippen molar-refractivity contribution in [2.75, 3.05) is 6.54 Å². The highest BCUT2D eigenvalue weighted by Crippen LogP contribution is 2.32. The molecule has 2 heterocycles. The molecule has 2 amide bonds. The van der Waals surface area contributed by atoms with Crippen molar-refractivity contribution in [3.8, 4) is 6.07 Å². The van der Waals surface area contributed by atoms with Crippen LogP contribution in [0.1, 0.15) is 46.3 Å². The third-order valence-electron chi connectivity index (χ3n) is 6.06. The summed E-state index contributed by atoms with van der Waals surface area (Å²) in [6, 6.07) is 18.8. The Labute approximate surface area is 207 Å². The molecular weight excluding hydrogens is 464 g/mol. The molecule has 180 valence electrons. The van der Waals surface area contributed by atoms with E-state index in [1.165, 1.54) is 16.2 Å². The van der Waals surface area contributed by atoms with Gasteiger partial charge in [-0.25, -0.2) is 4.98 Å². The van der Waals surface area contributed by atoms with Crippen LogP contribution in [-0.4, -0.2) is 50.7 Å². The van der Waals surface area contributed by atoms with Crippen molar-refractivity contribution in [3.05, 3.63) is 87.4 Å². The number of amides is 2. The molecule has 1 saturated heterocycles. The Kier molecular flexibility index (Phi) is 7.87. The summed E-state index contributed by atoms with van der Waals surface area (Å²) in [5, 5.41) is 35.0. The number of aliphatic hydroxyl groups excluding tert-OH is 2. The summed E-state index contributed by atoms with van der Waals surface area (Å²) in [6.45, 7) is 0.512. The fraction of sp³-hybridized carbons (Fsp3) is 0.308. The fourth-order valence-corrected chi connectivity index (χ4v) is 4.99. The molecule has 3 N–H and O–H groups in total. The molecule has 3 atom stereocenters. The van der Waals surface area contributed by atoms with E-state index in [0.29, 0.717) is 23.5 Å². The van der Waals surface area contributed by atoms with Crippen LogP contribution in [0.5, 0.6) is 0 Å². The number of benzene rings is 2. The Bertz CT molecular complexity index is 1220. The minimum atomic E-state index is -1.89. The van der Waals surface area contributed by atoms with Gasteiger partial charge in [0.1, 0.15) is 5.01 Å². The van der Waals surface area contributed by atoms with Crippen molar-refractivity contribution in [2.45, 2.75) is 44.1 Å². The predicted octanol–water partition coefficient (Wildman–Crippen LogP) is 2.31. The van der Waals surface area contributed by atoms with Crippen LogP contribution in [0, 0.1) is 11.3 Å². The summed E-state index contributed by atoms with van der Waals surface area (Å²) in [7, 11) is 0. The molecule has 3 aromatic rings. The van der Waals surface area contributed by atoms with Crippen molar-refractivity contribution in [3.63, 3.8) is 0 Å². The second kappa shape index (κ2) is 11.2. The number of thiazole rings is 1. The van der Waals surface area contributed by atoms with Gasteiger partial charge in [0.2, 0.25) is 0 Å². The highest BCUT2D eigenvalue weighted by Gasteiger charge is 2.38. The molecule has 0 aliphatic carbocycles. The SMILES string of the molecule is N#Cc1ccccc1Cc1csc(CNC(=O)[C@H](O)[C@@H](O)C(=O)N2CCCC2c2ccccc2)n1. The van der Waals surface area contributed by atoms with E-state index in [9.17, 15) is 25.1 Å². The number of hydrogen-bond acceptors (Lipinski definition) is 7. The standard InChI is InChI=1S/C26H26N4O4S/c27-14-19-10-5-4-9-18(19)13-20-16-35-22(29-20)15-28-25(33)23(31)24(32)26(34)30-12-6-11-21(30)17-7-2-1-3-8-17/h1-5,7-10,16,21,23-24,31-32H,6,11-13,15H2,(H,28,33)/t21?,23-,24-/m1/s1. The van der Waals surface area contributed by atoms with Gasteiger partial charge in [-0.2, -0.15) is 5.26 Å². The Balaban J connectivity index is 1.32. The summed E-state index contributed by atoms with van der Waals surface area (Å²) in [5.41, 5.74) is 3.17. The molecule has 0 bridgehead atoms. The monoisotopic (exact) mass is 490 g/mol. The second-order valence-corrected chi connectivity index (χ2v) is 9.33. The first-order chi connectivity index (χ1) is 17.0. The lowest BCUT2D eigenvalue weighted by Gasteiger charge is -2.28. The summed E-state index contributed by atoms with van der Waals surface area (Å²) < 4.78 is 0. The normalized spacial score (nSPS) is 16.9. The van der Waals surface area contributed by atoms with Crippen LogP contribution in [0.15, 0.2) is 60.0 Å². The molecular formula is C26H26N4O4S. The third kappa shape index (κ3) is 5.74. The number of nitrogens with one attached hydrogen (secondary N) is 1. The average Bonchev–Trinajstić information content (AvgIpc) is 3.56. The summed E-state index contributed by atoms with van der Waals surface area (Å²) >= 11 is 1.34. The zero-order valence-corrected chi connectivity index (χ0v) is 19.8. The number of hydrogen-bond donors (Lipinski definition) is 3. The molecule has 1 fully saturated rings. The quantitative estimate of drug-likeness (QED) is 0.445. The molecule has 1 unspecified atom stereocenters. The van der Waals surface area contributed by atoms with Gasteiger partial charge in [0, 0.05) is 18.3 Å². The predicted molar refractivity (Wildman–Crippen MR) is 130 cm³/mol. The van der Waals surface area contributed by atoms with E-state index in [4.69, 9.17) is 0 Å². The van der Waals surface area contributed by atoms with Gasteiger partial charge in [-0.05, 0) is 30.0 Å². The van der Waals surface area contributed by atoms with Gasteiger partial charge >= 0.3 is 0 Å². The van der Waals surface area contributed by atoms with E-state index in [2.05, 4.69) is 16.4 Å². The molecule has 0 saturated carbocycles. The lowest BCUT2D eigenvalue weighted by molar-refractivity contribution is -0.153. The lowest BCUT2D eigenvalue weighted by Crippen LogP contribution is -2.50. The molecule has 1 aliphatic rings. The molecule has 1 aliphatic heterocycles. The van der Waals surface area contributed by atoms with Crippen LogP contribution >= 0.6 is 11.3 Å². The second-order valence-electron chi connectivity index (χ2n) is 8.39. The molecule has 4 rings (SSSR count). The zero-order chi connectivity index (χ0) is 24.8. The van der Waals surface area contributed by atoms with E-state index < -0.39 is 24.0 Å². The number of rotatable bonds is 8. The van der Waals surface area contributed by atoms with Crippen LogP contribution in [0.4, 0.5) is 0 Å². The first-order valence-electron chi connectivity index (χ1n) is 11.4. The average molecular weight is 491 g/mol. The number of likely N-dealkylation sites (tertiary alicyclic amines) is 1. The fourth-order valence-electron chi connectivity index (χ4n) is 4.26. The van der Waals surface area contributed by atoms with Gasteiger partial charge in [-0.3, -0.25) is 9.59 Å². The minimum Gasteiger partial charge on any atom is -0.380 e. The molecule has 1 aromatic heterocycles. The van der Waals surface area contributed by atoms with Gasteiger partial charge in [0.25, 0.3) is 11.8 Å². The first kappa shape index (κ1) is 24.5. The smallest absolute Gasteiger partial charge is 0.255 e. The highest BCUT2D eigenvalue weighted by molar-refractivity contribution is 7.09. The maximum Gasteiger partial charge on any atom is 0.255 e. The van der Waals surface area contributed by atoms with Gasteiger partial charge in [-0.15, -0.1) is 11.3 Å². The molecule has 9 heteroatoms. The number of carbonyl (C=O) groups excluding carboxylic acids is 2. The molecule has 0 radical (unpaired) electrons. The topological polar surface area (TPSA) is 127 Å². The molecule has 35 heavy (non-hydrogen) atoms. The zero-order valence-electron chi connectivity index (χ0n) is 19.0. The first-order valence-corrected chi connectivity index (χ1v) is 12.3. The van der Waals surface area contributed by atoms with Crippen molar-refractivity contribution < 1.29 is 19.8 Å². The third-order valence-corrected chi connectivity index (χ3v) is 6.96. The van der Waals surface area contributed by atoms with Crippen LogP contribution in [-0.2, 0) is 22.6 Å². The molecule has 2 aromatic carbocycles. The maximum atomic E-state index is 12.9. The molecule has 0 spiro atoms. The maximum absolute atomic E-state index is 12.9. The van der Waals surface area contributed by atoms with Crippen LogP contribution in [0.3, 0.4) is 0 Å². The van der Waals surface area contributed by atoms with Crippen LogP contribution in [0.25, 0.3) is 0 Å². The summed E-state index contributed by atoms with van der Waals surface area (Å²) in [6.07, 6.45) is -1.71. The van der Waals surface area contributed by atoms with E-state index in [1.807, 2.05) is 47.8 Å². The van der Waals surface area contributed by atoms with Crippen molar-refractivity contribution >= 4 is 23.2 Å². The van der Waals surface area contributed by atoms with Crippen LogP contribution < -0.4 is 5.32 Å². The number of aliphatic hydroxyl groups is 2. The molecule has 8 nitrogen and oxygen atoms in total. The van der Waals surface area contributed by atoms with Crippen molar-refractivity contribution in [2.24, 2.45) is 0 Å². The van der Waals surface area contributed by atoms with Crippen molar-refractivity contribution in [1.82, 2.24) is 15.2 Å². The lowest BCUT2D eigenvalue weighted by atomic mass is 10.0. The van der Waals surface area contributed by atoms with Crippen molar-refractivity contribution in [1.29, 1.82) is 5.26 Å². The van der Waals surface area contributed by atoms with Crippen LogP contribution in [0.2, 0.25) is 0 Å². The minimum absolute atomic E-state index is 0.0533. The van der Waals surface area contributed by atoms with Gasteiger partial charge < -0.3 is 20.4 Å². The number of aromatic nitrogens is 1. The number of nitriles is 1. The highest BCUT2D eigenvalue weighted by atomic mass is 32.1. The van der Waals surface area contributed by atoms with Gasteiger partial charge in [0.05, 0.1) is 29.9 Å². The van der Waals surface area contributed by atoms with E-state index >= 15 is 0 Å².